The highest BCUT2D eigenvalue weighted by Gasteiger charge is 2.06. The van der Waals surface area contributed by atoms with Crippen LogP contribution in [0.2, 0.25) is 0 Å². The number of para-hydroxylation sites is 3. The van der Waals surface area contributed by atoms with E-state index in [1.54, 1.807) is 12.1 Å². The molecule has 7 aromatic rings. The van der Waals surface area contributed by atoms with Crippen molar-refractivity contribution in [1.82, 2.24) is 0 Å². The first-order valence-electron chi connectivity index (χ1n) is 16.7. The molecule has 0 radical (unpaired) electrons. The number of carbonyl (C=O) groups is 3. The van der Waals surface area contributed by atoms with Gasteiger partial charge in [0.2, 0.25) is 0 Å². The van der Waals surface area contributed by atoms with Crippen LogP contribution in [-0.4, -0.2) is 33.2 Å². The zero-order valence-corrected chi connectivity index (χ0v) is 29.1. The molecule has 0 amide bonds. The van der Waals surface area contributed by atoms with Crippen molar-refractivity contribution in [2.75, 3.05) is 0 Å². The summed E-state index contributed by atoms with van der Waals surface area (Å²) in [7, 11) is 0. The van der Waals surface area contributed by atoms with Gasteiger partial charge < -0.3 is 34.3 Å². The van der Waals surface area contributed by atoms with E-state index in [2.05, 4.69) is 0 Å². The third-order valence-corrected chi connectivity index (χ3v) is 7.28. The number of hydrogen-bond donors (Lipinski definition) is 3. The molecule has 0 atom stereocenters. The fourth-order valence-electron chi connectivity index (χ4n) is 4.61. The van der Waals surface area contributed by atoms with Crippen molar-refractivity contribution in [3.8, 4) is 46.0 Å². The molecule has 10 heteroatoms. The first-order chi connectivity index (χ1) is 26.7. The van der Waals surface area contributed by atoms with Crippen LogP contribution in [0, 0.1) is 0 Å². The van der Waals surface area contributed by atoms with Crippen LogP contribution < -0.4 is 18.9 Å². The topological polar surface area (TPSA) is 149 Å². The first kappa shape index (κ1) is 38.4. The van der Waals surface area contributed by atoms with Crippen molar-refractivity contribution in [3.05, 3.63) is 205 Å². The maximum atomic E-state index is 10.8. The smallest absolute Gasteiger partial charge is 0.335 e. The molecule has 3 N–H and O–H groups in total. The Morgan fingerprint density at radius 1 is 0.273 bits per heavy atom. The predicted octanol–water partition coefficient (Wildman–Crippen LogP) is 11.3. The van der Waals surface area contributed by atoms with E-state index in [-0.39, 0.29) is 16.7 Å². The Kier molecular flexibility index (Phi) is 13.7. The average molecular weight is 735 g/mol. The van der Waals surface area contributed by atoms with Crippen molar-refractivity contribution in [1.29, 1.82) is 0 Å². The summed E-state index contributed by atoms with van der Waals surface area (Å²) in [5.41, 5.74) is 0.565. The van der Waals surface area contributed by atoms with Crippen molar-refractivity contribution in [2.24, 2.45) is 0 Å². The third-order valence-electron chi connectivity index (χ3n) is 7.28. The van der Waals surface area contributed by atoms with E-state index in [9.17, 15) is 14.4 Å². The summed E-state index contributed by atoms with van der Waals surface area (Å²) in [6.07, 6.45) is 0. The minimum Gasteiger partial charge on any atom is -0.478 e. The van der Waals surface area contributed by atoms with Crippen LogP contribution in [0.4, 0.5) is 0 Å². The first-order valence-corrected chi connectivity index (χ1v) is 16.7. The standard InChI is InChI=1S/C18H14O2.C14H10O5.C13H10O3/c1-3-7-15(8-4-1)19-17-11-13-18(14-12-17)20-16-9-5-2-6-10-16;15-13(16)9-1-5-11(6-2-9)19-12-7-3-10(4-8-12)14(17)18;14-13(15)10-5-4-8-12(9-10)16-11-6-2-1-3-7-11/h1-14H;1-8H,(H,15,16)(H,17,18);1-9H,(H,14,15). The van der Waals surface area contributed by atoms with Crippen LogP contribution in [0.3, 0.4) is 0 Å². The highest BCUT2D eigenvalue weighted by atomic mass is 16.5. The van der Waals surface area contributed by atoms with E-state index in [4.69, 9.17) is 34.3 Å². The maximum absolute atomic E-state index is 10.8. The van der Waals surface area contributed by atoms with Crippen molar-refractivity contribution >= 4 is 17.9 Å². The summed E-state index contributed by atoms with van der Waals surface area (Å²) in [6, 6.07) is 54.5. The van der Waals surface area contributed by atoms with Gasteiger partial charge in [0, 0.05) is 0 Å². The number of rotatable bonds is 11. The second-order valence-electron chi connectivity index (χ2n) is 11.3. The van der Waals surface area contributed by atoms with Crippen LogP contribution >= 0.6 is 0 Å². The molecule has 7 aromatic carbocycles. The Balaban J connectivity index is 0.000000159. The molecule has 7 rings (SSSR count). The zero-order valence-electron chi connectivity index (χ0n) is 29.1. The summed E-state index contributed by atoms with van der Waals surface area (Å²) in [6.45, 7) is 0. The lowest BCUT2D eigenvalue weighted by Crippen LogP contribution is -1.96. The van der Waals surface area contributed by atoms with Gasteiger partial charge in [0.15, 0.2) is 0 Å². The fourth-order valence-corrected chi connectivity index (χ4v) is 4.61. The fraction of sp³-hybridized carbons (Fsp3) is 0. The van der Waals surface area contributed by atoms with Crippen LogP contribution in [-0.2, 0) is 0 Å². The van der Waals surface area contributed by atoms with Gasteiger partial charge in [-0.1, -0.05) is 60.7 Å². The molecule has 0 saturated heterocycles. The van der Waals surface area contributed by atoms with Gasteiger partial charge >= 0.3 is 17.9 Å². The summed E-state index contributed by atoms with van der Waals surface area (Å²) in [5, 5.41) is 26.3. The maximum Gasteiger partial charge on any atom is 0.335 e. The van der Waals surface area contributed by atoms with Crippen molar-refractivity contribution in [3.63, 3.8) is 0 Å². The van der Waals surface area contributed by atoms with Crippen LogP contribution in [0.5, 0.6) is 46.0 Å². The molecule has 274 valence electrons. The van der Waals surface area contributed by atoms with Gasteiger partial charge in [0.1, 0.15) is 46.0 Å². The lowest BCUT2D eigenvalue weighted by atomic mass is 10.2. The number of carboxylic acids is 3. The second-order valence-corrected chi connectivity index (χ2v) is 11.3. The van der Waals surface area contributed by atoms with E-state index < -0.39 is 17.9 Å². The molecule has 0 aromatic heterocycles. The van der Waals surface area contributed by atoms with Gasteiger partial charge in [-0.2, -0.15) is 0 Å². The third kappa shape index (κ3) is 12.7. The Morgan fingerprint density at radius 2 is 0.527 bits per heavy atom. The summed E-state index contributed by atoms with van der Waals surface area (Å²) in [5.74, 6) is 2.42. The molecule has 0 heterocycles. The van der Waals surface area contributed by atoms with Gasteiger partial charge in [-0.05, 0) is 127 Å². The number of benzene rings is 7. The minimum absolute atomic E-state index is 0.175. The second kappa shape index (κ2) is 19.7. The van der Waals surface area contributed by atoms with Crippen molar-refractivity contribution in [2.45, 2.75) is 0 Å². The van der Waals surface area contributed by atoms with Crippen LogP contribution in [0.25, 0.3) is 0 Å². The highest BCUT2D eigenvalue weighted by molar-refractivity contribution is 5.88. The van der Waals surface area contributed by atoms with E-state index >= 15 is 0 Å². The molecular weight excluding hydrogens is 700 g/mol. The molecule has 0 aliphatic heterocycles. The summed E-state index contributed by atoms with van der Waals surface area (Å²) in [4.78, 5) is 32.1. The SMILES string of the molecule is O=C(O)c1ccc(Oc2ccc(C(=O)O)cc2)cc1.O=C(O)c1cccc(Oc2ccccc2)c1.c1ccc(Oc2ccc(Oc3ccccc3)cc2)cc1. The van der Waals surface area contributed by atoms with Gasteiger partial charge in [-0.25, -0.2) is 14.4 Å². The van der Waals surface area contributed by atoms with E-state index in [1.807, 2.05) is 115 Å². The Bertz CT molecular complexity index is 2140. The number of ether oxygens (including phenoxy) is 4. The molecule has 0 aliphatic rings. The zero-order chi connectivity index (χ0) is 38.8. The summed E-state index contributed by atoms with van der Waals surface area (Å²) >= 11 is 0. The monoisotopic (exact) mass is 734 g/mol. The Hall–Kier alpha value is -7.85. The number of carboxylic acid groups (broad SMARTS) is 3. The molecule has 0 fully saturated rings. The van der Waals surface area contributed by atoms with Gasteiger partial charge in [-0.3, -0.25) is 0 Å². The molecule has 10 nitrogen and oxygen atoms in total. The normalized spacial score (nSPS) is 9.89. The lowest BCUT2D eigenvalue weighted by Gasteiger charge is -2.08. The number of aromatic carboxylic acids is 3. The molecule has 0 spiro atoms. The lowest BCUT2D eigenvalue weighted by molar-refractivity contribution is 0.0686. The Labute approximate surface area is 316 Å². The molecule has 0 saturated carbocycles. The van der Waals surface area contributed by atoms with Gasteiger partial charge in [-0.15, -0.1) is 0 Å². The molecular formula is C45H34O10. The minimum atomic E-state index is -1.00. The average Bonchev–Trinajstić information content (AvgIpc) is 3.21. The number of hydrogen-bond acceptors (Lipinski definition) is 7. The molecule has 0 unspecified atom stereocenters. The van der Waals surface area contributed by atoms with E-state index in [0.717, 1.165) is 23.0 Å². The molecule has 0 aliphatic carbocycles. The van der Waals surface area contributed by atoms with Crippen LogP contribution in [0.15, 0.2) is 188 Å². The van der Waals surface area contributed by atoms with Crippen molar-refractivity contribution < 1.29 is 48.7 Å². The highest BCUT2D eigenvalue weighted by Crippen LogP contribution is 2.27. The Morgan fingerprint density at radius 3 is 0.836 bits per heavy atom. The van der Waals surface area contributed by atoms with Gasteiger partial charge in [0.25, 0.3) is 0 Å². The quantitative estimate of drug-likeness (QED) is 0.117. The van der Waals surface area contributed by atoms with Crippen LogP contribution in [0.1, 0.15) is 31.1 Å². The molecule has 0 bridgehead atoms. The summed E-state index contributed by atoms with van der Waals surface area (Å²) < 4.78 is 22.4. The van der Waals surface area contributed by atoms with E-state index in [1.165, 1.54) is 60.7 Å². The molecule has 55 heavy (non-hydrogen) atoms. The van der Waals surface area contributed by atoms with E-state index in [0.29, 0.717) is 23.0 Å². The predicted molar refractivity (Wildman–Crippen MR) is 206 cm³/mol. The largest absolute Gasteiger partial charge is 0.478 e. The van der Waals surface area contributed by atoms with Gasteiger partial charge in [0.05, 0.1) is 16.7 Å².